The van der Waals surface area contributed by atoms with Crippen molar-refractivity contribution < 1.29 is 64.6 Å². The molecule has 0 saturated carbocycles. The van der Waals surface area contributed by atoms with Gasteiger partial charge in [-0.1, -0.05) is 312 Å². The highest BCUT2D eigenvalue weighted by molar-refractivity contribution is 5.76. The molecular weight excluding hydrogens is 1160 g/mol. The first-order chi connectivity index (χ1) is 45.1. The van der Waals surface area contributed by atoms with Crippen LogP contribution in [-0.2, 0) is 23.7 Å². The summed E-state index contributed by atoms with van der Waals surface area (Å²) in [6, 6.07) is -0.938. The van der Waals surface area contributed by atoms with Crippen LogP contribution in [0.3, 0.4) is 0 Å². The molecule has 14 heteroatoms. The van der Waals surface area contributed by atoms with E-state index in [1.807, 2.05) is 6.08 Å². The third-order valence-electron chi connectivity index (χ3n) is 18.7. The Morgan fingerprint density at radius 3 is 1.13 bits per heavy atom. The second-order valence-electron chi connectivity index (χ2n) is 27.1. The van der Waals surface area contributed by atoms with E-state index in [2.05, 4.69) is 67.8 Å². The first kappa shape index (κ1) is 85.8. The van der Waals surface area contributed by atoms with E-state index < -0.39 is 86.8 Å². The van der Waals surface area contributed by atoms with Crippen molar-refractivity contribution >= 4 is 5.91 Å². The number of hydrogen-bond donors (Lipinski definition) is 9. The molecule has 2 saturated heterocycles. The summed E-state index contributed by atoms with van der Waals surface area (Å²) in [6.45, 7) is 2.79. The van der Waals surface area contributed by atoms with E-state index in [0.717, 1.165) is 51.4 Å². The molecule has 0 aromatic carbocycles. The van der Waals surface area contributed by atoms with Crippen molar-refractivity contribution in [1.29, 1.82) is 0 Å². The Kier molecular flexibility index (Phi) is 58.0. The van der Waals surface area contributed by atoms with Gasteiger partial charge in [-0.2, -0.15) is 0 Å². The molecule has 0 aromatic rings. The lowest BCUT2D eigenvalue weighted by atomic mass is 9.97. The highest BCUT2D eigenvalue weighted by atomic mass is 16.7. The average Bonchev–Trinajstić information content (AvgIpc) is 0.856. The Labute approximate surface area is 562 Å². The van der Waals surface area contributed by atoms with Crippen molar-refractivity contribution in [3.05, 3.63) is 60.8 Å². The lowest BCUT2D eigenvalue weighted by Gasteiger charge is -2.46. The second-order valence-corrected chi connectivity index (χ2v) is 27.1. The topological polar surface area (TPSA) is 228 Å². The SMILES string of the molecule is CCCCCCC/C=C\C/C=C\CCCCCCCCCCCCCCCCCCCCCCCCCCCCCCCC(=O)NC(COC1OC(CO)C(OC2OC(CO)C(O)C(O)C2O)C(O)C1O)C(O)/C=C/CC/C=C/CC/C=C/CCCCCCCCC. The fraction of sp³-hybridized carbons (Fsp3) is 0.859. The number of nitrogens with one attached hydrogen (secondary N) is 1. The maximum atomic E-state index is 13.3. The number of hydrogen-bond acceptors (Lipinski definition) is 13. The van der Waals surface area contributed by atoms with Gasteiger partial charge >= 0.3 is 0 Å². The van der Waals surface area contributed by atoms with Crippen LogP contribution in [0.25, 0.3) is 0 Å². The molecule has 0 aliphatic carbocycles. The summed E-state index contributed by atoms with van der Waals surface area (Å²) in [5.74, 6) is -0.248. The largest absolute Gasteiger partial charge is 0.394 e. The summed E-state index contributed by atoms with van der Waals surface area (Å²) in [6.07, 6.45) is 67.5. The molecule has 92 heavy (non-hydrogen) atoms. The Bertz CT molecular complexity index is 1780. The number of unbranched alkanes of at least 4 members (excludes halogenated alkanes) is 43. The maximum Gasteiger partial charge on any atom is 0.220 e. The maximum absolute atomic E-state index is 13.3. The van der Waals surface area contributed by atoms with Gasteiger partial charge in [0.2, 0.25) is 5.91 Å². The quantitative estimate of drug-likeness (QED) is 0.0204. The third kappa shape index (κ3) is 45.2. The first-order valence-electron chi connectivity index (χ1n) is 38.5. The van der Waals surface area contributed by atoms with Gasteiger partial charge in [-0.05, 0) is 77.0 Å². The van der Waals surface area contributed by atoms with Crippen LogP contribution in [0.5, 0.6) is 0 Å². The van der Waals surface area contributed by atoms with Gasteiger partial charge in [0.05, 0.1) is 32.0 Å². The zero-order chi connectivity index (χ0) is 66.6. The molecular formula is C78H143NO13. The van der Waals surface area contributed by atoms with E-state index in [9.17, 15) is 45.6 Å². The average molecular weight is 1300 g/mol. The third-order valence-corrected chi connectivity index (χ3v) is 18.7. The van der Waals surface area contributed by atoms with Gasteiger partial charge in [0, 0.05) is 6.42 Å². The minimum atomic E-state index is -1.79. The zero-order valence-electron chi connectivity index (χ0n) is 58.8. The van der Waals surface area contributed by atoms with Gasteiger partial charge in [-0.15, -0.1) is 0 Å². The summed E-state index contributed by atoms with van der Waals surface area (Å²) < 4.78 is 22.8. The van der Waals surface area contributed by atoms with Crippen LogP contribution in [-0.4, -0.2) is 140 Å². The van der Waals surface area contributed by atoms with Crippen molar-refractivity contribution in [3.63, 3.8) is 0 Å². The Balaban J connectivity index is 1.55. The number of rotatable bonds is 64. The van der Waals surface area contributed by atoms with Gasteiger partial charge in [0.1, 0.15) is 48.8 Å². The fourth-order valence-corrected chi connectivity index (χ4v) is 12.5. The van der Waals surface area contributed by atoms with E-state index >= 15 is 0 Å². The molecule has 2 heterocycles. The van der Waals surface area contributed by atoms with Gasteiger partial charge in [0.15, 0.2) is 12.6 Å². The highest BCUT2D eigenvalue weighted by Crippen LogP contribution is 2.30. The zero-order valence-corrected chi connectivity index (χ0v) is 58.8. The smallest absolute Gasteiger partial charge is 0.220 e. The molecule has 14 nitrogen and oxygen atoms in total. The molecule has 2 rings (SSSR count). The normalized spacial score (nSPS) is 23.0. The monoisotopic (exact) mass is 1300 g/mol. The summed E-state index contributed by atoms with van der Waals surface area (Å²) >= 11 is 0. The number of ether oxygens (including phenoxy) is 4. The standard InChI is InChI=1S/C78H143NO13/c1-3-5-7-9-11-13-15-17-19-21-22-23-24-25-26-27-28-29-30-31-32-33-34-35-36-37-38-39-40-41-42-43-44-46-48-50-52-54-56-58-60-62-70(83)79-66(67(82)61-59-57-55-53-51-49-47-45-20-18-16-14-12-10-8-6-4-2)65-89-77-75(88)73(86)76(69(64-81)91-77)92-78-74(87)72(85)71(84)68(63-80)90-78/h15,17,20-22,45,51,53,59,61,66-69,71-78,80-82,84-88H,3-14,16,18-19,23-44,46-50,52,54-58,60,62-65H2,1-2H3,(H,79,83)/b17-15-,22-21-,45-20+,53-51+,61-59+. The van der Waals surface area contributed by atoms with Crippen molar-refractivity contribution in [2.45, 2.75) is 408 Å². The van der Waals surface area contributed by atoms with Crippen molar-refractivity contribution in [2.24, 2.45) is 0 Å². The van der Waals surface area contributed by atoms with Crippen LogP contribution in [0, 0.1) is 0 Å². The van der Waals surface area contributed by atoms with E-state index in [1.54, 1.807) is 6.08 Å². The van der Waals surface area contributed by atoms with Crippen LogP contribution in [0.2, 0.25) is 0 Å². The number of carbonyl (C=O) groups is 1. The van der Waals surface area contributed by atoms with Gasteiger partial charge < -0.3 is 65.1 Å². The van der Waals surface area contributed by atoms with Crippen LogP contribution in [0.4, 0.5) is 0 Å². The minimum absolute atomic E-state index is 0.248. The minimum Gasteiger partial charge on any atom is -0.394 e. The van der Waals surface area contributed by atoms with Crippen molar-refractivity contribution in [1.82, 2.24) is 5.32 Å². The van der Waals surface area contributed by atoms with Gasteiger partial charge in [-0.25, -0.2) is 0 Å². The van der Waals surface area contributed by atoms with E-state index in [-0.39, 0.29) is 18.9 Å². The molecule has 2 fully saturated rings. The first-order valence-corrected chi connectivity index (χ1v) is 38.5. The van der Waals surface area contributed by atoms with E-state index in [0.29, 0.717) is 12.8 Å². The molecule has 12 unspecified atom stereocenters. The van der Waals surface area contributed by atoms with Crippen molar-refractivity contribution in [2.75, 3.05) is 19.8 Å². The summed E-state index contributed by atoms with van der Waals surface area (Å²) in [5.41, 5.74) is 0. The number of carbonyl (C=O) groups excluding carboxylic acids is 1. The molecule has 0 spiro atoms. The lowest BCUT2D eigenvalue weighted by molar-refractivity contribution is -0.359. The molecule has 538 valence electrons. The van der Waals surface area contributed by atoms with Crippen LogP contribution < -0.4 is 5.32 Å². The Hall–Kier alpha value is -2.31. The Morgan fingerprint density at radius 2 is 0.728 bits per heavy atom. The predicted molar refractivity (Wildman–Crippen MR) is 378 cm³/mol. The predicted octanol–water partition coefficient (Wildman–Crippen LogP) is 16.8. The molecule has 2 aliphatic heterocycles. The molecule has 1 amide bonds. The second kappa shape index (κ2) is 62.2. The van der Waals surface area contributed by atoms with Gasteiger partial charge in [0.25, 0.3) is 0 Å². The lowest BCUT2D eigenvalue weighted by Crippen LogP contribution is -2.65. The molecule has 0 radical (unpaired) electrons. The number of amides is 1. The van der Waals surface area contributed by atoms with E-state index in [1.165, 1.54) is 250 Å². The molecule has 0 aromatic heterocycles. The summed E-state index contributed by atoms with van der Waals surface area (Å²) in [7, 11) is 0. The summed E-state index contributed by atoms with van der Waals surface area (Å²) in [5, 5.41) is 87.4. The summed E-state index contributed by atoms with van der Waals surface area (Å²) in [4.78, 5) is 13.3. The number of allylic oxidation sites excluding steroid dienone is 9. The van der Waals surface area contributed by atoms with Crippen molar-refractivity contribution in [3.8, 4) is 0 Å². The number of aliphatic hydroxyl groups is 8. The van der Waals surface area contributed by atoms with Crippen LogP contribution in [0.15, 0.2) is 60.8 Å². The molecule has 12 atom stereocenters. The molecule has 2 aliphatic rings. The van der Waals surface area contributed by atoms with Gasteiger partial charge in [-0.3, -0.25) is 4.79 Å². The van der Waals surface area contributed by atoms with E-state index in [4.69, 9.17) is 18.9 Å². The fourth-order valence-electron chi connectivity index (χ4n) is 12.5. The van der Waals surface area contributed by atoms with Crippen LogP contribution >= 0.6 is 0 Å². The molecule has 0 bridgehead atoms. The van der Waals surface area contributed by atoms with Crippen LogP contribution in [0.1, 0.15) is 335 Å². The highest BCUT2D eigenvalue weighted by Gasteiger charge is 2.51. The number of aliphatic hydroxyl groups excluding tert-OH is 8. The Morgan fingerprint density at radius 1 is 0.391 bits per heavy atom. The molecule has 9 N–H and O–H groups in total.